The summed E-state index contributed by atoms with van der Waals surface area (Å²) in [7, 11) is 0. The molecule has 0 aromatic heterocycles. The Hall–Kier alpha value is -1.79. The first-order chi connectivity index (χ1) is 15.2. The largest absolute Gasteiger partial charge is 0.573 e. The molecule has 1 fully saturated rings. The molecule has 1 unspecified atom stereocenters. The van der Waals surface area contributed by atoms with E-state index >= 15 is 0 Å². The van der Waals surface area contributed by atoms with E-state index in [1.807, 2.05) is 0 Å². The van der Waals surface area contributed by atoms with Gasteiger partial charge in [-0.2, -0.15) is 8.78 Å². The summed E-state index contributed by atoms with van der Waals surface area (Å²) >= 11 is 0. The van der Waals surface area contributed by atoms with E-state index in [0.29, 0.717) is 18.3 Å². The molecule has 2 aliphatic rings. The summed E-state index contributed by atoms with van der Waals surface area (Å²) in [4.78, 5) is 0. The highest BCUT2D eigenvalue weighted by atomic mass is 19.4. The van der Waals surface area contributed by atoms with Gasteiger partial charge in [0.2, 0.25) is 0 Å². The Morgan fingerprint density at radius 2 is 1.44 bits per heavy atom. The number of allylic oxidation sites excluding steroid dienone is 1. The number of unbranched alkanes of at least 4 members (excludes halogenated alkanes) is 2. The Morgan fingerprint density at radius 1 is 0.812 bits per heavy atom. The molecule has 0 bridgehead atoms. The molecule has 0 saturated heterocycles. The lowest BCUT2D eigenvalue weighted by Gasteiger charge is -2.36. The van der Waals surface area contributed by atoms with Crippen molar-refractivity contribution < 1.29 is 31.4 Å². The van der Waals surface area contributed by atoms with Crippen LogP contribution < -0.4 is 9.47 Å². The molecular formula is C25H33F5O2. The van der Waals surface area contributed by atoms with Gasteiger partial charge in [-0.1, -0.05) is 51.5 Å². The van der Waals surface area contributed by atoms with E-state index in [-0.39, 0.29) is 17.7 Å². The Bertz CT molecular complexity index is 734. The molecule has 0 N–H and O–H groups in total. The summed E-state index contributed by atoms with van der Waals surface area (Å²) in [6.45, 7) is 2.22. The maximum atomic E-state index is 14.6. The third kappa shape index (κ3) is 7.38. The van der Waals surface area contributed by atoms with Gasteiger partial charge in [-0.3, -0.25) is 0 Å². The molecule has 1 aromatic rings. The van der Waals surface area contributed by atoms with Crippen molar-refractivity contribution in [2.45, 2.75) is 90.0 Å². The van der Waals surface area contributed by atoms with Gasteiger partial charge in [-0.25, -0.2) is 0 Å². The van der Waals surface area contributed by atoms with Crippen LogP contribution in [0.5, 0.6) is 11.5 Å². The van der Waals surface area contributed by atoms with Gasteiger partial charge in [0.15, 0.2) is 0 Å². The molecule has 0 radical (unpaired) electrons. The second-order valence-electron chi connectivity index (χ2n) is 9.18. The summed E-state index contributed by atoms with van der Waals surface area (Å²) in [6.07, 6.45) is 5.06. The average molecular weight is 461 g/mol. The monoisotopic (exact) mass is 460 g/mol. The van der Waals surface area contributed by atoms with E-state index in [0.717, 1.165) is 36.6 Å². The molecule has 0 heterocycles. The Kier molecular flexibility index (Phi) is 8.45. The number of hydrogen-bond donors (Lipinski definition) is 0. The molecule has 0 spiro atoms. The summed E-state index contributed by atoms with van der Waals surface area (Å²) in [5, 5.41) is 0. The van der Waals surface area contributed by atoms with Crippen molar-refractivity contribution in [3.05, 3.63) is 35.9 Å². The van der Waals surface area contributed by atoms with Gasteiger partial charge in [-0.15, -0.1) is 13.2 Å². The standard InChI is InChI=1S/C25H33F5O2/c1-2-3-4-5-18-6-8-19(9-7-18)20-10-12-21(13-11-20)24(26,27)31-22-14-16-23(17-15-22)32-25(28,29)30/h12,14-20H,2-11,13H2,1H3. The molecule has 180 valence electrons. The molecular weight excluding hydrogens is 427 g/mol. The second kappa shape index (κ2) is 10.9. The first-order valence-corrected chi connectivity index (χ1v) is 11.8. The topological polar surface area (TPSA) is 18.5 Å². The van der Waals surface area contributed by atoms with Crippen LogP contribution in [-0.2, 0) is 0 Å². The van der Waals surface area contributed by atoms with Gasteiger partial charge in [0.05, 0.1) is 0 Å². The zero-order valence-electron chi connectivity index (χ0n) is 18.6. The smallest absolute Gasteiger partial charge is 0.429 e. The van der Waals surface area contributed by atoms with Gasteiger partial charge in [-0.05, 0) is 74.1 Å². The van der Waals surface area contributed by atoms with Crippen molar-refractivity contribution >= 4 is 0 Å². The number of hydrogen-bond acceptors (Lipinski definition) is 2. The number of alkyl halides is 5. The van der Waals surface area contributed by atoms with Gasteiger partial charge in [0, 0.05) is 5.57 Å². The van der Waals surface area contributed by atoms with Crippen LogP contribution in [-0.4, -0.2) is 12.5 Å². The van der Waals surface area contributed by atoms with Crippen LogP contribution in [0.3, 0.4) is 0 Å². The van der Waals surface area contributed by atoms with Gasteiger partial charge in [0.25, 0.3) is 0 Å². The predicted octanol–water partition coefficient (Wildman–Crippen LogP) is 8.67. The van der Waals surface area contributed by atoms with Crippen LogP contribution in [0.15, 0.2) is 35.9 Å². The summed E-state index contributed by atoms with van der Waals surface area (Å²) in [5.41, 5.74) is -0.0439. The minimum absolute atomic E-state index is 0.0439. The third-order valence-electron chi connectivity index (χ3n) is 6.90. The molecule has 1 atom stereocenters. The maximum Gasteiger partial charge on any atom is 0.573 e. The van der Waals surface area contributed by atoms with Crippen LogP contribution in [0.1, 0.15) is 77.6 Å². The fourth-order valence-electron chi connectivity index (χ4n) is 5.10. The van der Waals surface area contributed by atoms with Crippen molar-refractivity contribution in [2.75, 3.05) is 0 Å². The number of benzene rings is 1. The Morgan fingerprint density at radius 3 is 1.97 bits per heavy atom. The highest BCUT2D eigenvalue weighted by Gasteiger charge is 2.40. The molecule has 1 saturated carbocycles. The molecule has 2 nitrogen and oxygen atoms in total. The molecule has 7 heteroatoms. The summed E-state index contributed by atoms with van der Waals surface area (Å²) < 4.78 is 74.5. The zero-order chi connectivity index (χ0) is 23.2. The lowest BCUT2D eigenvalue weighted by Crippen LogP contribution is -2.31. The highest BCUT2D eigenvalue weighted by Crippen LogP contribution is 2.43. The van der Waals surface area contributed by atoms with Crippen LogP contribution in [0.25, 0.3) is 0 Å². The second-order valence-corrected chi connectivity index (χ2v) is 9.18. The Labute approximate surface area is 187 Å². The van der Waals surface area contributed by atoms with Crippen molar-refractivity contribution in [1.82, 2.24) is 0 Å². The van der Waals surface area contributed by atoms with Gasteiger partial charge in [0.1, 0.15) is 11.5 Å². The quantitative estimate of drug-likeness (QED) is 0.208. The first kappa shape index (κ1) is 24.8. The number of halogens is 5. The SMILES string of the molecule is CCCCCC1CCC(C2CC=C(C(F)(F)Oc3ccc(OC(F)(F)F)cc3)CC2)CC1. The lowest BCUT2D eigenvalue weighted by molar-refractivity contribution is -0.274. The summed E-state index contributed by atoms with van der Waals surface area (Å²) in [5.74, 6) is 1.22. The van der Waals surface area contributed by atoms with Gasteiger partial charge >= 0.3 is 12.5 Å². The van der Waals surface area contributed by atoms with E-state index in [1.54, 1.807) is 6.08 Å². The number of ether oxygens (including phenoxy) is 2. The molecule has 32 heavy (non-hydrogen) atoms. The summed E-state index contributed by atoms with van der Waals surface area (Å²) in [6, 6.07) is 4.03. The molecule has 0 aliphatic heterocycles. The fraction of sp³-hybridized carbons (Fsp3) is 0.680. The maximum absolute atomic E-state index is 14.6. The van der Waals surface area contributed by atoms with Crippen LogP contribution >= 0.6 is 0 Å². The van der Waals surface area contributed by atoms with E-state index < -0.39 is 18.2 Å². The van der Waals surface area contributed by atoms with E-state index in [1.165, 1.54) is 51.4 Å². The minimum atomic E-state index is -4.83. The lowest BCUT2D eigenvalue weighted by atomic mass is 9.70. The third-order valence-corrected chi connectivity index (χ3v) is 6.90. The molecule has 3 rings (SSSR count). The molecule has 1 aromatic carbocycles. The average Bonchev–Trinajstić information content (AvgIpc) is 2.75. The van der Waals surface area contributed by atoms with Crippen LogP contribution in [0.2, 0.25) is 0 Å². The first-order valence-electron chi connectivity index (χ1n) is 11.8. The molecule has 2 aliphatic carbocycles. The highest BCUT2D eigenvalue weighted by molar-refractivity contribution is 5.32. The van der Waals surface area contributed by atoms with Crippen LogP contribution in [0.4, 0.5) is 22.0 Å². The van der Waals surface area contributed by atoms with Crippen molar-refractivity contribution in [2.24, 2.45) is 17.8 Å². The van der Waals surface area contributed by atoms with E-state index in [2.05, 4.69) is 11.7 Å². The molecule has 0 amide bonds. The van der Waals surface area contributed by atoms with E-state index in [9.17, 15) is 22.0 Å². The fourth-order valence-corrected chi connectivity index (χ4v) is 5.10. The zero-order valence-corrected chi connectivity index (χ0v) is 18.6. The van der Waals surface area contributed by atoms with Crippen molar-refractivity contribution in [3.63, 3.8) is 0 Å². The van der Waals surface area contributed by atoms with Crippen LogP contribution in [0, 0.1) is 17.8 Å². The number of rotatable bonds is 9. The van der Waals surface area contributed by atoms with Crippen molar-refractivity contribution in [3.8, 4) is 11.5 Å². The normalized spacial score (nSPS) is 24.7. The Balaban J connectivity index is 1.48. The predicted molar refractivity (Wildman–Crippen MR) is 114 cm³/mol. The van der Waals surface area contributed by atoms with Gasteiger partial charge < -0.3 is 9.47 Å². The van der Waals surface area contributed by atoms with Crippen molar-refractivity contribution in [1.29, 1.82) is 0 Å². The minimum Gasteiger partial charge on any atom is -0.429 e. The van der Waals surface area contributed by atoms with E-state index in [4.69, 9.17) is 4.74 Å².